The Kier molecular flexibility index (Phi) is 4.47. The summed E-state index contributed by atoms with van der Waals surface area (Å²) in [7, 11) is 0. The molecule has 0 saturated heterocycles. The first kappa shape index (κ1) is 8.74. The molecule has 0 aliphatic carbocycles. The molecule has 0 rings (SSSR count). The monoisotopic (exact) mass is 125 g/mol. The zero-order valence-electron chi connectivity index (χ0n) is 6.83. The van der Waals surface area contributed by atoms with Gasteiger partial charge in [0.15, 0.2) is 0 Å². The Morgan fingerprint density at radius 1 is 1.33 bits per heavy atom. The summed E-state index contributed by atoms with van der Waals surface area (Å²) in [5.41, 5.74) is 2.79. The lowest BCUT2D eigenvalue weighted by Gasteiger charge is -2.01. The minimum atomic E-state index is 1.15. The zero-order valence-corrected chi connectivity index (χ0v) is 6.83. The first-order valence-electron chi connectivity index (χ1n) is 3.72. The highest BCUT2D eigenvalue weighted by atomic mass is 14.0. The van der Waals surface area contributed by atoms with Crippen molar-refractivity contribution >= 4 is 0 Å². The number of hydrogen-bond donors (Lipinski definition) is 0. The second-order valence-electron chi connectivity index (χ2n) is 2.49. The Balaban J connectivity index is 3.78. The third-order valence-electron chi connectivity index (χ3n) is 1.69. The number of allylic oxidation sites excluding steroid dienone is 2. The highest BCUT2D eigenvalue weighted by Gasteiger charge is 1.91. The maximum absolute atomic E-state index is 3.98. The molecule has 0 nitrogen and oxygen atoms in total. The van der Waals surface area contributed by atoms with E-state index in [0.717, 1.165) is 6.42 Å². The van der Waals surface area contributed by atoms with E-state index in [-0.39, 0.29) is 0 Å². The molecular weight excluding hydrogens is 108 g/mol. The molecule has 0 heterocycles. The average Bonchev–Trinajstić information content (AvgIpc) is 1.87. The summed E-state index contributed by atoms with van der Waals surface area (Å²) < 4.78 is 0. The molecule has 0 aliphatic rings. The van der Waals surface area contributed by atoms with Crippen molar-refractivity contribution in [2.24, 2.45) is 0 Å². The topological polar surface area (TPSA) is 0 Å². The predicted octanol–water partition coefficient (Wildman–Crippen LogP) is 3.35. The molecule has 0 aromatic carbocycles. The van der Waals surface area contributed by atoms with Crippen LogP contribution in [0.4, 0.5) is 0 Å². The van der Waals surface area contributed by atoms with Gasteiger partial charge in [-0.3, -0.25) is 0 Å². The molecule has 0 aromatic heterocycles. The Morgan fingerprint density at radius 2 is 1.89 bits per heavy atom. The van der Waals surface area contributed by atoms with Gasteiger partial charge in [0.1, 0.15) is 0 Å². The van der Waals surface area contributed by atoms with E-state index in [4.69, 9.17) is 0 Å². The summed E-state index contributed by atoms with van der Waals surface area (Å²) in [5.74, 6) is 0. The molecule has 0 N–H and O–H groups in total. The minimum absolute atomic E-state index is 1.15. The van der Waals surface area contributed by atoms with E-state index < -0.39 is 0 Å². The molecule has 0 amide bonds. The molecule has 0 aromatic rings. The summed E-state index contributed by atoms with van der Waals surface area (Å²) in [6, 6.07) is 0. The first-order valence-corrected chi connectivity index (χ1v) is 3.72. The SMILES string of the molecule is [CH2]/C(CCC)=C(\C)CC. The molecule has 0 spiro atoms. The van der Waals surface area contributed by atoms with Gasteiger partial charge in [0.05, 0.1) is 0 Å². The maximum atomic E-state index is 3.98. The van der Waals surface area contributed by atoms with Crippen LogP contribution in [-0.2, 0) is 0 Å². The van der Waals surface area contributed by atoms with Gasteiger partial charge in [0.2, 0.25) is 0 Å². The second-order valence-corrected chi connectivity index (χ2v) is 2.49. The standard InChI is InChI=1S/C9H17/c1-5-7-9(4)8(3)6-2/h4-7H2,1-3H3/b9-8-. The van der Waals surface area contributed by atoms with Crippen molar-refractivity contribution in [1.82, 2.24) is 0 Å². The fourth-order valence-electron chi connectivity index (χ4n) is 0.765. The molecule has 0 atom stereocenters. The van der Waals surface area contributed by atoms with E-state index in [9.17, 15) is 0 Å². The molecule has 0 aliphatic heterocycles. The molecule has 0 fully saturated rings. The van der Waals surface area contributed by atoms with Crippen molar-refractivity contribution < 1.29 is 0 Å². The minimum Gasteiger partial charge on any atom is -0.0744 e. The Labute approximate surface area is 59.0 Å². The van der Waals surface area contributed by atoms with Crippen molar-refractivity contribution in [1.29, 1.82) is 0 Å². The highest BCUT2D eigenvalue weighted by molar-refractivity contribution is 5.13. The predicted molar refractivity (Wildman–Crippen MR) is 43.3 cm³/mol. The van der Waals surface area contributed by atoms with Crippen LogP contribution in [0.25, 0.3) is 0 Å². The van der Waals surface area contributed by atoms with E-state index in [0.29, 0.717) is 0 Å². The summed E-state index contributed by atoms with van der Waals surface area (Å²) in [5, 5.41) is 0. The van der Waals surface area contributed by atoms with E-state index in [1.807, 2.05) is 0 Å². The molecule has 0 heteroatoms. The molecule has 0 unspecified atom stereocenters. The van der Waals surface area contributed by atoms with E-state index in [1.54, 1.807) is 0 Å². The van der Waals surface area contributed by atoms with Gasteiger partial charge in [-0.05, 0) is 26.7 Å². The van der Waals surface area contributed by atoms with Crippen LogP contribution in [0.5, 0.6) is 0 Å². The lowest BCUT2D eigenvalue weighted by molar-refractivity contribution is 0.896. The summed E-state index contributed by atoms with van der Waals surface area (Å²) in [4.78, 5) is 0. The molecule has 0 bridgehead atoms. The Bertz CT molecular complexity index is 98.6. The van der Waals surface area contributed by atoms with Gasteiger partial charge < -0.3 is 0 Å². The van der Waals surface area contributed by atoms with Crippen LogP contribution >= 0.6 is 0 Å². The van der Waals surface area contributed by atoms with E-state index in [2.05, 4.69) is 27.7 Å². The van der Waals surface area contributed by atoms with Crippen LogP contribution in [0.1, 0.15) is 40.0 Å². The van der Waals surface area contributed by atoms with Crippen LogP contribution < -0.4 is 0 Å². The number of hydrogen-bond acceptors (Lipinski definition) is 0. The van der Waals surface area contributed by atoms with E-state index >= 15 is 0 Å². The van der Waals surface area contributed by atoms with Crippen LogP contribution in [0.3, 0.4) is 0 Å². The van der Waals surface area contributed by atoms with E-state index in [1.165, 1.54) is 24.0 Å². The first-order chi connectivity index (χ1) is 4.22. The fraction of sp³-hybridized carbons (Fsp3) is 0.667. The van der Waals surface area contributed by atoms with Gasteiger partial charge >= 0.3 is 0 Å². The van der Waals surface area contributed by atoms with Crippen molar-refractivity contribution in [3.63, 3.8) is 0 Å². The van der Waals surface area contributed by atoms with Crippen molar-refractivity contribution in [3.8, 4) is 0 Å². The van der Waals surface area contributed by atoms with Gasteiger partial charge in [-0.1, -0.05) is 31.4 Å². The van der Waals surface area contributed by atoms with Gasteiger partial charge in [0.25, 0.3) is 0 Å². The average molecular weight is 125 g/mol. The smallest absolute Gasteiger partial charge is 0.0280 e. The fourth-order valence-corrected chi connectivity index (χ4v) is 0.765. The highest BCUT2D eigenvalue weighted by Crippen LogP contribution is 2.11. The lowest BCUT2D eigenvalue weighted by atomic mass is 10.1. The van der Waals surface area contributed by atoms with Crippen LogP contribution in [-0.4, -0.2) is 0 Å². The van der Waals surface area contributed by atoms with Crippen LogP contribution in [0, 0.1) is 6.92 Å². The normalized spacial score (nSPS) is 13.3. The lowest BCUT2D eigenvalue weighted by Crippen LogP contribution is -1.81. The maximum Gasteiger partial charge on any atom is -0.0280 e. The number of rotatable bonds is 3. The zero-order chi connectivity index (χ0) is 7.28. The third kappa shape index (κ3) is 3.34. The molecule has 0 saturated carbocycles. The quantitative estimate of drug-likeness (QED) is 0.542. The Morgan fingerprint density at radius 3 is 2.22 bits per heavy atom. The largest absolute Gasteiger partial charge is 0.0744 e. The van der Waals surface area contributed by atoms with Crippen LogP contribution in [0.2, 0.25) is 0 Å². The molecule has 1 radical (unpaired) electrons. The Hall–Kier alpha value is -0.260. The molecule has 9 heavy (non-hydrogen) atoms. The molecule has 53 valence electrons. The van der Waals surface area contributed by atoms with Gasteiger partial charge in [-0.25, -0.2) is 0 Å². The van der Waals surface area contributed by atoms with Crippen molar-refractivity contribution in [2.75, 3.05) is 0 Å². The van der Waals surface area contributed by atoms with Gasteiger partial charge in [0, 0.05) is 0 Å². The summed E-state index contributed by atoms with van der Waals surface area (Å²) >= 11 is 0. The summed E-state index contributed by atoms with van der Waals surface area (Å²) in [6.45, 7) is 10.5. The third-order valence-corrected chi connectivity index (χ3v) is 1.69. The summed E-state index contributed by atoms with van der Waals surface area (Å²) in [6.07, 6.45) is 3.54. The van der Waals surface area contributed by atoms with Crippen molar-refractivity contribution in [2.45, 2.75) is 40.0 Å². The molecular formula is C9H17. The van der Waals surface area contributed by atoms with Gasteiger partial charge in [-0.15, -0.1) is 0 Å². The van der Waals surface area contributed by atoms with Crippen LogP contribution in [0.15, 0.2) is 11.1 Å². The van der Waals surface area contributed by atoms with Crippen molar-refractivity contribution in [3.05, 3.63) is 18.1 Å². The second kappa shape index (κ2) is 4.60. The van der Waals surface area contributed by atoms with Gasteiger partial charge in [-0.2, -0.15) is 0 Å².